The summed E-state index contributed by atoms with van der Waals surface area (Å²) in [5.74, 6) is -0.221. The average Bonchev–Trinajstić information content (AvgIpc) is 2.90. The summed E-state index contributed by atoms with van der Waals surface area (Å²) >= 11 is 0. The lowest BCUT2D eigenvalue weighted by atomic mass is 10.1. The second kappa shape index (κ2) is 30.6. The first-order valence-electron chi connectivity index (χ1n) is 15.2. The molecule has 1 atom stereocenters. The Balaban J connectivity index is 3.52. The minimum Gasteiger partial charge on any atom is -0.457 e. The molecule has 0 radical (unpaired) electrons. The minimum absolute atomic E-state index is 0.179. The fraction of sp³-hybridized carbons (Fsp3) is 0.727. The summed E-state index contributed by atoms with van der Waals surface area (Å²) in [6.45, 7) is 5.15. The molecule has 1 N–H and O–H groups in total. The molecular weight excluding hydrogens is 460 g/mol. The molecule has 37 heavy (non-hydrogen) atoms. The lowest BCUT2D eigenvalue weighted by molar-refractivity contribution is -0.154. The van der Waals surface area contributed by atoms with Crippen molar-refractivity contribution in [3.05, 3.63) is 48.6 Å². The smallest absolute Gasteiger partial charge is 0.306 e. The lowest BCUT2D eigenvalue weighted by Gasteiger charge is -2.15. The number of carbonyl (C=O) groups is 1. The predicted octanol–water partition coefficient (Wildman–Crippen LogP) is 9.19. The number of unbranched alkanes of at least 4 members (excludes halogenated alkanes) is 11. The van der Waals surface area contributed by atoms with Gasteiger partial charge < -0.3 is 14.6 Å². The van der Waals surface area contributed by atoms with Crippen molar-refractivity contribution in [1.82, 2.24) is 0 Å². The van der Waals surface area contributed by atoms with E-state index in [1.165, 1.54) is 51.4 Å². The van der Waals surface area contributed by atoms with Crippen LogP contribution < -0.4 is 0 Å². The highest BCUT2D eigenvalue weighted by Crippen LogP contribution is 2.10. The van der Waals surface area contributed by atoms with E-state index < -0.39 is 6.10 Å². The molecule has 0 spiro atoms. The molecular formula is C33H58O4. The summed E-state index contributed by atoms with van der Waals surface area (Å²) in [7, 11) is 0. The van der Waals surface area contributed by atoms with Gasteiger partial charge in [0.25, 0.3) is 0 Å². The van der Waals surface area contributed by atoms with E-state index in [2.05, 4.69) is 62.5 Å². The first-order chi connectivity index (χ1) is 18.2. The normalized spacial score (nSPS) is 13.1. The number of hydrogen-bond acceptors (Lipinski definition) is 4. The molecule has 1 unspecified atom stereocenters. The van der Waals surface area contributed by atoms with E-state index in [1.54, 1.807) is 0 Å². The van der Waals surface area contributed by atoms with Gasteiger partial charge in [-0.15, -0.1) is 0 Å². The van der Waals surface area contributed by atoms with Gasteiger partial charge in [0.05, 0.1) is 13.2 Å². The van der Waals surface area contributed by atoms with Crippen molar-refractivity contribution in [3.63, 3.8) is 0 Å². The number of hydrogen-bond donors (Lipinski definition) is 1. The number of ether oxygens (including phenoxy) is 2. The molecule has 0 heterocycles. The average molecular weight is 519 g/mol. The van der Waals surface area contributed by atoms with E-state index in [9.17, 15) is 9.90 Å². The van der Waals surface area contributed by atoms with E-state index in [4.69, 9.17) is 9.47 Å². The van der Waals surface area contributed by atoms with Crippen LogP contribution in [-0.4, -0.2) is 37.0 Å². The molecule has 0 fully saturated rings. The van der Waals surface area contributed by atoms with Gasteiger partial charge in [0.15, 0.2) is 0 Å². The molecule has 0 rings (SSSR count). The van der Waals surface area contributed by atoms with E-state index in [1.807, 2.05) is 0 Å². The fourth-order valence-corrected chi connectivity index (χ4v) is 3.90. The van der Waals surface area contributed by atoms with Crippen LogP contribution in [0.2, 0.25) is 0 Å². The van der Waals surface area contributed by atoms with E-state index in [-0.39, 0.29) is 19.2 Å². The molecule has 0 bridgehead atoms. The summed E-state index contributed by atoms with van der Waals surface area (Å²) in [6.07, 6.45) is 37.2. The van der Waals surface area contributed by atoms with Crippen molar-refractivity contribution in [1.29, 1.82) is 0 Å². The molecule has 0 aromatic heterocycles. The van der Waals surface area contributed by atoms with Crippen molar-refractivity contribution in [3.8, 4) is 0 Å². The van der Waals surface area contributed by atoms with Crippen LogP contribution in [-0.2, 0) is 14.3 Å². The molecule has 0 aromatic rings. The van der Waals surface area contributed by atoms with E-state index >= 15 is 0 Å². The van der Waals surface area contributed by atoms with Gasteiger partial charge in [-0.1, -0.05) is 120 Å². The Morgan fingerprint density at radius 3 is 1.84 bits per heavy atom. The Bertz CT molecular complexity index is 591. The third-order valence-electron chi connectivity index (χ3n) is 6.17. The zero-order chi connectivity index (χ0) is 27.1. The first kappa shape index (κ1) is 35.4. The Hall–Kier alpha value is -1.65. The maximum atomic E-state index is 12.0. The molecule has 214 valence electrons. The number of allylic oxidation sites excluding steroid dienone is 8. The highest BCUT2D eigenvalue weighted by molar-refractivity contribution is 5.69. The monoisotopic (exact) mass is 518 g/mol. The molecule has 4 heteroatoms. The van der Waals surface area contributed by atoms with Crippen LogP contribution in [0.15, 0.2) is 48.6 Å². The van der Waals surface area contributed by atoms with Gasteiger partial charge in [0, 0.05) is 13.0 Å². The van der Waals surface area contributed by atoms with E-state index in [0.29, 0.717) is 13.0 Å². The Morgan fingerprint density at radius 2 is 1.22 bits per heavy atom. The van der Waals surface area contributed by atoms with Crippen LogP contribution in [0.1, 0.15) is 129 Å². The van der Waals surface area contributed by atoms with Crippen LogP contribution >= 0.6 is 0 Å². The van der Waals surface area contributed by atoms with Crippen LogP contribution in [0.4, 0.5) is 0 Å². The third-order valence-corrected chi connectivity index (χ3v) is 6.17. The predicted molar refractivity (Wildman–Crippen MR) is 159 cm³/mol. The van der Waals surface area contributed by atoms with Crippen LogP contribution in [0.5, 0.6) is 0 Å². The second-order valence-corrected chi connectivity index (χ2v) is 9.80. The molecule has 0 aromatic carbocycles. The summed E-state index contributed by atoms with van der Waals surface area (Å²) < 4.78 is 11.0. The highest BCUT2D eigenvalue weighted by atomic mass is 16.6. The van der Waals surface area contributed by atoms with Crippen molar-refractivity contribution in [2.75, 3.05) is 19.8 Å². The zero-order valence-corrected chi connectivity index (χ0v) is 24.2. The fourth-order valence-electron chi connectivity index (χ4n) is 3.90. The zero-order valence-electron chi connectivity index (χ0n) is 24.2. The first-order valence-corrected chi connectivity index (χ1v) is 15.2. The van der Waals surface area contributed by atoms with Gasteiger partial charge in [-0.2, -0.15) is 0 Å². The molecule has 0 aliphatic heterocycles. The van der Waals surface area contributed by atoms with Crippen molar-refractivity contribution in [2.24, 2.45) is 0 Å². The standard InChI is InChI=1S/C33H58O4/c1-3-5-7-9-11-12-13-14-15-16-17-18-19-20-21-22-23-24-26-28-33(35)37-32(30-34)31-36-29-27-25-10-8-6-4-2/h5,7,11-12,14-15,17-18,32,34H,3-4,6,8-10,13,16,19-31H2,1-2H3/b7-5-,12-11-,15-14-,18-17-. The highest BCUT2D eigenvalue weighted by Gasteiger charge is 2.13. The molecule has 4 nitrogen and oxygen atoms in total. The summed E-state index contributed by atoms with van der Waals surface area (Å²) in [6, 6.07) is 0. The molecule has 0 amide bonds. The van der Waals surface area contributed by atoms with Crippen molar-refractivity contribution < 1.29 is 19.4 Å². The van der Waals surface area contributed by atoms with Gasteiger partial charge in [-0.25, -0.2) is 0 Å². The molecule has 0 saturated carbocycles. The van der Waals surface area contributed by atoms with Gasteiger partial charge in [-0.05, 0) is 51.4 Å². The van der Waals surface area contributed by atoms with Crippen molar-refractivity contribution in [2.45, 2.75) is 136 Å². The number of rotatable bonds is 27. The quantitative estimate of drug-likeness (QED) is 0.0669. The van der Waals surface area contributed by atoms with Crippen LogP contribution in [0.25, 0.3) is 0 Å². The second-order valence-electron chi connectivity index (χ2n) is 9.80. The summed E-state index contributed by atoms with van der Waals surface area (Å²) in [4.78, 5) is 12.0. The largest absolute Gasteiger partial charge is 0.457 e. The number of esters is 1. The molecule has 0 saturated heterocycles. The Morgan fingerprint density at radius 1 is 0.676 bits per heavy atom. The van der Waals surface area contributed by atoms with Crippen LogP contribution in [0.3, 0.4) is 0 Å². The SMILES string of the molecule is CC/C=C\C/C=C\C/C=C\C/C=C\CCCCCCCCC(=O)OC(CO)COCCCCCCCC. The topological polar surface area (TPSA) is 55.8 Å². The summed E-state index contributed by atoms with van der Waals surface area (Å²) in [5, 5.41) is 9.44. The maximum Gasteiger partial charge on any atom is 0.306 e. The van der Waals surface area contributed by atoms with Gasteiger partial charge in [0.1, 0.15) is 6.10 Å². The Labute approximate surface area is 229 Å². The molecule has 0 aliphatic rings. The Kier molecular flexibility index (Phi) is 29.2. The minimum atomic E-state index is -0.536. The number of carbonyl (C=O) groups excluding carboxylic acids is 1. The van der Waals surface area contributed by atoms with Gasteiger partial charge in [-0.3, -0.25) is 4.79 Å². The van der Waals surface area contributed by atoms with Crippen LogP contribution in [0, 0.1) is 0 Å². The lowest BCUT2D eigenvalue weighted by Crippen LogP contribution is -2.27. The number of aliphatic hydroxyl groups is 1. The van der Waals surface area contributed by atoms with E-state index in [0.717, 1.165) is 57.8 Å². The third kappa shape index (κ3) is 28.8. The number of aliphatic hydroxyl groups excluding tert-OH is 1. The summed E-state index contributed by atoms with van der Waals surface area (Å²) in [5.41, 5.74) is 0. The van der Waals surface area contributed by atoms with Crippen molar-refractivity contribution >= 4 is 5.97 Å². The molecule has 0 aliphatic carbocycles. The maximum absolute atomic E-state index is 12.0. The van der Waals surface area contributed by atoms with Gasteiger partial charge in [0.2, 0.25) is 0 Å². The van der Waals surface area contributed by atoms with Gasteiger partial charge >= 0.3 is 5.97 Å².